The molecule has 9 heteroatoms. The topological polar surface area (TPSA) is 85.9 Å². The van der Waals surface area contributed by atoms with Crippen LogP contribution in [0.25, 0.3) is 0 Å². The van der Waals surface area contributed by atoms with E-state index in [0.717, 1.165) is 52.2 Å². The number of hydrazine groups is 1. The summed E-state index contributed by atoms with van der Waals surface area (Å²) in [5, 5.41) is 12.8. The lowest BCUT2D eigenvalue weighted by molar-refractivity contribution is -0.132. The van der Waals surface area contributed by atoms with Gasteiger partial charge in [0.15, 0.2) is 0 Å². The van der Waals surface area contributed by atoms with Crippen LogP contribution in [0.2, 0.25) is 0 Å². The molecule has 0 aromatic heterocycles. The van der Waals surface area contributed by atoms with E-state index in [-0.39, 0.29) is 5.91 Å². The van der Waals surface area contributed by atoms with Crippen LogP contribution in [0.1, 0.15) is 23.6 Å². The molecular weight excluding hydrogens is 522 g/mol. The monoisotopic (exact) mass is 549 g/mol. The fourth-order valence-electron chi connectivity index (χ4n) is 4.49. The zero-order valence-electron chi connectivity index (χ0n) is 19.7. The number of carbonyl (C=O) groups is 2. The van der Waals surface area contributed by atoms with Crippen LogP contribution in [-0.2, 0) is 11.3 Å². The number of anilines is 2. The normalized spacial score (nSPS) is 15.4. The van der Waals surface area contributed by atoms with Gasteiger partial charge in [-0.15, -0.1) is 0 Å². The summed E-state index contributed by atoms with van der Waals surface area (Å²) in [5.74, 6) is 0.595. The summed E-state index contributed by atoms with van der Waals surface area (Å²) >= 11 is 3.60. The summed E-state index contributed by atoms with van der Waals surface area (Å²) in [7, 11) is 0. The molecule has 3 aromatic rings. The highest BCUT2D eigenvalue weighted by molar-refractivity contribution is 9.10. The van der Waals surface area contributed by atoms with Crippen LogP contribution in [0, 0.1) is 0 Å². The van der Waals surface area contributed by atoms with E-state index in [1.807, 2.05) is 77.8 Å². The SMILES string of the molecule is O=C(NCc1ccc2c(c1)OCCN2)NC(C(=O)N1CCCN1c1ccccc1Br)c1ccccc1. The third-order valence-electron chi connectivity index (χ3n) is 6.25. The van der Waals surface area contributed by atoms with Crippen molar-refractivity contribution in [2.45, 2.75) is 19.0 Å². The second-order valence-electron chi connectivity index (χ2n) is 8.67. The molecule has 1 saturated heterocycles. The smallest absolute Gasteiger partial charge is 0.315 e. The second-order valence-corrected chi connectivity index (χ2v) is 9.52. The molecule has 36 heavy (non-hydrogen) atoms. The maximum Gasteiger partial charge on any atom is 0.315 e. The van der Waals surface area contributed by atoms with Gasteiger partial charge >= 0.3 is 6.03 Å². The minimum atomic E-state index is -0.828. The lowest BCUT2D eigenvalue weighted by atomic mass is 10.1. The van der Waals surface area contributed by atoms with Crippen LogP contribution >= 0.6 is 15.9 Å². The fourth-order valence-corrected chi connectivity index (χ4v) is 4.98. The molecule has 2 heterocycles. The van der Waals surface area contributed by atoms with Crippen LogP contribution in [0.15, 0.2) is 77.3 Å². The minimum Gasteiger partial charge on any atom is -0.490 e. The van der Waals surface area contributed by atoms with Gasteiger partial charge in [0.2, 0.25) is 0 Å². The van der Waals surface area contributed by atoms with Gasteiger partial charge in [0.1, 0.15) is 18.4 Å². The zero-order chi connectivity index (χ0) is 24.9. The Morgan fingerprint density at radius 2 is 1.83 bits per heavy atom. The fraction of sp³-hybridized carbons (Fsp3) is 0.259. The summed E-state index contributed by atoms with van der Waals surface area (Å²) < 4.78 is 6.60. The van der Waals surface area contributed by atoms with E-state index in [0.29, 0.717) is 19.7 Å². The molecule has 3 N–H and O–H groups in total. The standard InChI is InChI=1S/C27H28BrN5O3/c28-21-9-4-5-10-23(21)32-14-6-15-33(32)26(34)25(20-7-2-1-3-8-20)31-27(35)30-18-19-11-12-22-24(17-19)36-16-13-29-22/h1-5,7-12,17,25,29H,6,13-16,18H2,(H2,30,31,35). The summed E-state index contributed by atoms with van der Waals surface area (Å²) in [6.07, 6.45) is 0.843. The molecule has 0 spiro atoms. The number of hydrogen-bond acceptors (Lipinski definition) is 5. The molecule has 186 valence electrons. The van der Waals surface area contributed by atoms with Crippen molar-refractivity contribution in [3.05, 3.63) is 88.4 Å². The number of carbonyl (C=O) groups excluding carboxylic acids is 2. The van der Waals surface area contributed by atoms with Crippen LogP contribution in [0.5, 0.6) is 5.75 Å². The number of hydrogen-bond donors (Lipinski definition) is 3. The Bertz CT molecular complexity index is 1240. The summed E-state index contributed by atoms with van der Waals surface area (Å²) in [5.41, 5.74) is 3.51. The molecule has 0 saturated carbocycles. The van der Waals surface area contributed by atoms with Crippen molar-refractivity contribution in [1.82, 2.24) is 15.6 Å². The summed E-state index contributed by atoms with van der Waals surface area (Å²) in [6.45, 7) is 2.99. The number of halogens is 1. The van der Waals surface area contributed by atoms with Crippen molar-refractivity contribution in [1.29, 1.82) is 0 Å². The van der Waals surface area contributed by atoms with Crippen LogP contribution in [0.3, 0.4) is 0 Å². The van der Waals surface area contributed by atoms with Gasteiger partial charge in [-0.05, 0) is 57.7 Å². The molecule has 1 atom stereocenters. The maximum atomic E-state index is 13.8. The van der Waals surface area contributed by atoms with Crippen molar-refractivity contribution >= 4 is 39.2 Å². The Balaban J connectivity index is 1.31. The highest BCUT2D eigenvalue weighted by Crippen LogP contribution is 2.31. The van der Waals surface area contributed by atoms with Crippen molar-refractivity contribution in [2.75, 3.05) is 36.6 Å². The third kappa shape index (κ3) is 5.26. The van der Waals surface area contributed by atoms with Crippen LogP contribution < -0.4 is 25.7 Å². The second kappa shape index (κ2) is 10.9. The maximum absolute atomic E-state index is 13.8. The molecule has 0 radical (unpaired) electrons. The number of benzene rings is 3. The van der Waals surface area contributed by atoms with E-state index >= 15 is 0 Å². The molecule has 2 aliphatic rings. The van der Waals surface area contributed by atoms with E-state index < -0.39 is 12.1 Å². The van der Waals surface area contributed by atoms with Gasteiger partial charge in [-0.1, -0.05) is 48.5 Å². The number of urea groups is 1. The zero-order valence-corrected chi connectivity index (χ0v) is 21.3. The van der Waals surface area contributed by atoms with Crippen molar-refractivity contribution < 1.29 is 14.3 Å². The Labute approximate surface area is 218 Å². The van der Waals surface area contributed by atoms with Crippen molar-refractivity contribution in [3.8, 4) is 5.75 Å². The summed E-state index contributed by atoms with van der Waals surface area (Å²) in [6, 6.07) is 21.7. The number of para-hydroxylation sites is 1. The van der Waals surface area contributed by atoms with Crippen LogP contribution in [0.4, 0.5) is 16.2 Å². The van der Waals surface area contributed by atoms with E-state index in [1.165, 1.54) is 0 Å². The third-order valence-corrected chi connectivity index (χ3v) is 6.92. The molecule has 0 bridgehead atoms. The number of nitrogens with zero attached hydrogens (tertiary/aromatic N) is 2. The summed E-state index contributed by atoms with van der Waals surface area (Å²) in [4.78, 5) is 26.8. The first-order valence-electron chi connectivity index (χ1n) is 12.0. The molecule has 1 fully saturated rings. The predicted molar refractivity (Wildman–Crippen MR) is 143 cm³/mol. The van der Waals surface area contributed by atoms with Gasteiger partial charge in [0, 0.05) is 30.7 Å². The van der Waals surface area contributed by atoms with E-state index in [9.17, 15) is 9.59 Å². The number of ether oxygens (including phenoxy) is 1. The number of rotatable bonds is 6. The average Bonchev–Trinajstić information content (AvgIpc) is 3.40. The molecule has 0 aliphatic carbocycles. The van der Waals surface area contributed by atoms with Gasteiger partial charge in [-0.3, -0.25) is 14.8 Å². The molecule has 3 aromatic carbocycles. The van der Waals surface area contributed by atoms with E-state index in [4.69, 9.17) is 4.74 Å². The lowest BCUT2D eigenvalue weighted by Gasteiger charge is -2.33. The first kappa shape index (κ1) is 24.0. The molecule has 3 amide bonds. The van der Waals surface area contributed by atoms with Gasteiger partial charge in [-0.25, -0.2) is 4.79 Å². The Hall–Kier alpha value is -3.72. The Kier molecular flexibility index (Phi) is 7.27. The average molecular weight is 550 g/mol. The highest BCUT2D eigenvalue weighted by atomic mass is 79.9. The van der Waals surface area contributed by atoms with Crippen molar-refractivity contribution in [2.24, 2.45) is 0 Å². The van der Waals surface area contributed by atoms with Crippen molar-refractivity contribution in [3.63, 3.8) is 0 Å². The lowest BCUT2D eigenvalue weighted by Crippen LogP contribution is -2.49. The quantitative estimate of drug-likeness (QED) is 0.423. The first-order valence-corrected chi connectivity index (χ1v) is 12.8. The van der Waals surface area contributed by atoms with Crippen LogP contribution in [-0.4, -0.2) is 43.2 Å². The Morgan fingerprint density at radius 1 is 1.03 bits per heavy atom. The minimum absolute atomic E-state index is 0.183. The highest BCUT2D eigenvalue weighted by Gasteiger charge is 2.34. The largest absolute Gasteiger partial charge is 0.490 e. The number of nitrogens with one attached hydrogen (secondary N) is 3. The van der Waals surface area contributed by atoms with Gasteiger partial charge < -0.3 is 20.7 Å². The Morgan fingerprint density at radius 3 is 2.67 bits per heavy atom. The number of fused-ring (bicyclic) bond motifs is 1. The van der Waals surface area contributed by atoms with Gasteiger partial charge in [0.25, 0.3) is 5.91 Å². The molecular formula is C27H28BrN5O3. The first-order chi connectivity index (χ1) is 17.6. The number of amides is 3. The molecule has 8 nitrogen and oxygen atoms in total. The van der Waals surface area contributed by atoms with Gasteiger partial charge in [0.05, 0.1) is 11.4 Å². The molecule has 2 aliphatic heterocycles. The molecule has 5 rings (SSSR count). The van der Waals surface area contributed by atoms with Gasteiger partial charge in [-0.2, -0.15) is 0 Å². The van der Waals surface area contributed by atoms with E-state index in [2.05, 4.69) is 31.9 Å². The van der Waals surface area contributed by atoms with E-state index in [1.54, 1.807) is 5.01 Å². The molecule has 1 unspecified atom stereocenters. The predicted octanol–water partition coefficient (Wildman–Crippen LogP) is 4.45.